The summed E-state index contributed by atoms with van der Waals surface area (Å²) in [6.45, 7) is 6.54. The molecule has 0 spiro atoms. The SMILES string of the molecule is Cc1ccccc1C1CC2CC(N3CCN(c4ncc(Cl)cn4)CC3)CC2C1. The number of hydrogen-bond donors (Lipinski definition) is 0. The second kappa shape index (κ2) is 7.64. The van der Waals surface area contributed by atoms with Gasteiger partial charge in [-0.05, 0) is 61.5 Å². The summed E-state index contributed by atoms with van der Waals surface area (Å²) in [5, 5.41) is 0.601. The number of hydrogen-bond acceptors (Lipinski definition) is 4. The number of anilines is 1. The molecule has 2 aliphatic carbocycles. The van der Waals surface area contributed by atoms with E-state index in [9.17, 15) is 0 Å². The minimum Gasteiger partial charge on any atom is -0.338 e. The number of aromatic nitrogens is 2. The van der Waals surface area contributed by atoms with E-state index in [0.29, 0.717) is 5.02 Å². The zero-order valence-corrected chi connectivity index (χ0v) is 17.4. The molecular weight excluding hydrogens is 368 g/mol. The third kappa shape index (κ3) is 3.53. The zero-order chi connectivity index (χ0) is 19.1. The van der Waals surface area contributed by atoms with Gasteiger partial charge in [0.05, 0.1) is 17.4 Å². The van der Waals surface area contributed by atoms with Crippen molar-refractivity contribution in [3.63, 3.8) is 0 Å². The summed E-state index contributed by atoms with van der Waals surface area (Å²) in [4.78, 5) is 13.8. The Morgan fingerprint density at radius 1 is 0.893 bits per heavy atom. The van der Waals surface area contributed by atoms with Gasteiger partial charge >= 0.3 is 0 Å². The van der Waals surface area contributed by atoms with Crippen LogP contribution in [0.15, 0.2) is 36.7 Å². The van der Waals surface area contributed by atoms with Gasteiger partial charge in [-0.3, -0.25) is 4.90 Å². The number of fused-ring (bicyclic) bond motifs is 1. The molecule has 2 atom stereocenters. The average Bonchev–Trinajstić information content (AvgIpc) is 3.28. The van der Waals surface area contributed by atoms with Gasteiger partial charge in [-0.2, -0.15) is 0 Å². The van der Waals surface area contributed by atoms with Gasteiger partial charge in [0.1, 0.15) is 0 Å². The highest BCUT2D eigenvalue weighted by Crippen LogP contribution is 2.52. The lowest BCUT2D eigenvalue weighted by Gasteiger charge is -2.38. The third-order valence-corrected chi connectivity index (χ3v) is 7.53. The molecule has 2 unspecified atom stereocenters. The summed E-state index contributed by atoms with van der Waals surface area (Å²) in [6, 6.07) is 9.79. The van der Waals surface area contributed by atoms with Crippen LogP contribution in [-0.2, 0) is 0 Å². The Balaban J connectivity index is 1.16. The van der Waals surface area contributed by atoms with E-state index in [4.69, 9.17) is 11.6 Å². The molecule has 0 amide bonds. The van der Waals surface area contributed by atoms with Crippen LogP contribution >= 0.6 is 11.6 Å². The smallest absolute Gasteiger partial charge is 0.225 e. The second-order valence-electron chi connectivity index (χ2n) is 8.89. The van der Waals surface area contributed by atoms with Gasteiger partial charge in [0.25, 0.3) is 0 Å². The van der Waals surface area contributed by atoms with E-state index in [0.717, 1.165) is 55.9 Å². The number of rotatable bonds is 3. The van der Waals surface area contributed by atoms with E-state index in [1.807, 2.05) is 0 Å². The minimum atomic E-state index is 0.601. The Morgan fingerprint density at radius 2 is 1.54 bits per heavy atom. The van der Waals surface area contributed by atoms with Crippen molar-refractivity contribution >= 4 is 17.5 Å². The molecule has 3 aliphatic rings. The first-order valence-electron chi connectivity index (χ1n) is 10.7. The predicted molar refractivity (Wildman–Crippen MR) is 114 cm³/mol. The van der Waals surface area contributed by atoms with E-state index < -0.39 is 0 Å². The fraction of sp³-hybridized carbons (Fsp3) is 0.565. The Morgan fingerprint density at radius 3 is 2.18 bits per heavy atom. The first kappa shape index (κ1) is 18.4. The van der Waals surface area contributed by atoms with Crippen molar-refractivity contribution in [2.24, 2.45) is 11.8 Å². The van der Waals surface area contributed by atoms with Crippen molar-refractivity contribution in [1.29, 1.82) is 0 Å². The van der Waals surface area contributed by atoms with Crippen LogP contribution in [0.25, 0.3) is 0 Å². The van der Waals surface area contributed by atoms with Crippen molar-refractivity contribution in [3.05, 3.63) is 52.8 Å². The Bertz CT molecular complexity index is 802. The molecule has 5 heteroatoms. The van der Waals surface area contributed by atoms with Crippen molar-refractivity contribution in [1.82, 2.24) is 14.9 Å². The highest BCUT2D eigenvalue weighted by Gasteiger charge is 2.44. The molecule has 1 aliphatic heterocycles. The lowest BCUT2D eigenvalue weighted by molar-refractivity contribution is 0.178. The molecule has 1 aromatic heterocycles. The third-order valence-electron chi connectivity index (χ3n) is 7.34. The standard InChI is InChI=1S/C23H29ClN4/c1-16-4-2-3-5-22(16)19-10-17-12-21(13-18(17)11-19)27-6-8-28(9-7-27)23-25-14-20(24)15-26-23/h2-5,14-15,17-19,21H,6-13H2,1H3. The highest BCUT2D eigenvalue weighted by molar-refractivity contribution is 6.30. The summed E-state index contributed by atoms with van der Waals surface area (Å²) in [6.07, 6.45) is 8.96. The van der Waals surface area contributed by atoms with E-state index >= 15 is 0 Å². The molecule has 0 N–H and O–H groups in total. The van der Waals surface area contributed by atoms with Crippen LogP contribution in [0.1, 0.15) is 42.7 Å². The van der Waals surface area contributed by atoms with E-state index in [-0.39, 0.29) is 0 Å². The molecule has 0 bridgehead atoms. The maximum absolute atomic E-state index is 5.91. The van der Waals surface area contributed by atoms with Gasteiger partial charge in [0.2, 0.25) is 5.95 Å². The fourth-order valence-electron chi connectivity index (χ4n) is 5.94. The number of aryl methyl sites for hydroxylation is 1. The maximum atomic E-state index is 5.91. The molecular formula is C23H29ClN4. The van der Waals surface area contributed by atoms with Crippen molar-refractivity contribution in [3.8, 4) is 0 Å². The lowest BCUT2D eigenvalue weighted by atomic mass is 9.90. The minimum absolute atomic E-state index is 0.601. The highest BCUT2D eigenvalue weighted by atomic mass is 35.5. The summed E-state index contributed by atoms with van der Waals surface area (Å²) >= 11 is 5.91. The van der Waals surface area contributed by atoms with Gasteiger partial charge < -0.3 is 4.90 Å². The van der Waals surface area contributed by atoms with Crippen LogP contribution in [0, 0.1) is 18.8 Å². The molecule has 2 aromatic rings. The molecule has 148 valence electrons. The topological polar surface area (TPSA) is 32.3 Å². The van der Waals surface area contributed by atoms with Crippen LogP contribution in [0.3, 0.4) is 0 Å². The Kier molecular flexibility index (Phi) is 5.02. The largest absolute Gasteiger partial charge is 0.338 e. The fourth-order valence-corrected chi connectivity index (χ4v) is 6.03. The quantitative estimate of drug-likeness (QED) is 0.762. The zero-order valence-electron chi connectivity index (χ0n) is 16.6. The van der Waals surface area contributed by atoms with Gasteiger partial charge in [0.15, 0.2) is 0 Å². The van der Waals surface area contributed by atoms with Gasteiger partial charge in [-0.1, -0.05) is 35.9 Å². The normalized spacial score (nSPS) is 30.6. The molecule has 2 heterocycles. The lowest BCUT2D eigenvalue weighted by Crippen LogP contribution is -2.50. The monoisotopic (exact) mass is 396 g/mol. The molecule has 1 saturated heterocycles. The second-order valence-corrected chi connectivity index (χ2v) is 9.33. The van der Waals surface area contributed by atoms with E-state index in [1.165, 1.54) is 31.2 Å². The summed E-state index contributed by atoms with van der Waals surface area (Å²) in [5.74, 6) is 3.45. The van der Waals surface area contributed by atoms with Crippen LogP contribution in [0.4, 0.5) is 5.95 Å². The van der Waals surface area contributed by atoms with Crippen LogP contribution in [0.5, 0.6) is 0 Å². The van der Waals surface area contributed by atoms with Crippen molar-refractivity contribution < 1.29 is 0 Å². The van der Waals surface area contributed by atoms with Crippen molar-refractivity contribution in [2.45, 2.75) is 44.6 Å². The van der Waals surface area contributed by atoms with E-state index in [2.05, 4.69) is 51.0 Å². The maximum Gasteiger partial charge on any atom is 0.225 e. The molecule has 28 heavy (non-hydrogen) atoms. The van der Waals surface area contributed by atoms with Crippen LogP contribution < -0.4 is 4.90 Å². The van der Waals surface area contributed by atoms with Gasteiger partial charge in [-0.25, -0.2) is 9.97 Å². The first-order chi connectivity index (χ1) is 13.7. The number of nitrogens with zero attached hydrogens (tertiary/aromatic N) is 4. The van der Waals surface area contributed by atoms with Gasteiger partial charge in [-0.15, -0.1) is 0 Å². The van der Waals surface area contributed by atoms with Crippen molar-refractivity contribution in [2.75, 3.05) is 31.1 Å². The first-order valence-corrected chi connectivity index (χ1v) is 11.1. The average molecular weight is 397 g/mol. The predicted octanol–water partition coefficient (Wildman–Crippen LogP) is 4.53. The molecule has 2 saturated carbocycles. The van der Waals surface area contributed by atoms with Crippen LogP contribution in [0.2, 0.25) is 5.02 Å². The number of halogens is 1. The number of piperazine rings is 1. The number of benzene rings is 1. The molecule has 4 nitrogen and oxygen atoms in total. The molecule has 5 rings (SSSR count). The van der Waals surface area contributed by atoms with Crippen LogP contribution in [-0.4, -0.2) is 47.1 Å². The molecule has 0 radical (unpaired) electrons. The molecule has 3 fully saturated rings. The Labute approximate surface area is 172 Å². The molecule has 1 aromatic carbocycles. The van der Waals surface area contributed by atoms with E-state index in [1.54, 1.807) is 18.0 Å². The summed E-state index contributed by atoms with van der Waals surface area (Å²) < 4.78 is 0. The Hall–Kier alpha value is -1.65. The summed E-state index contributed by atoms with van der Waals surface area (Å²) in [7, 11) is 0. The van der Waals surface area contributed by atoms with Gasteiger partial charge in [0, 0.05) is 32.2 Å². The summed E-state index contributed by atoms with van der Waals surface area (Å²) in [5.41, 5.74) is 3.08.